The summed E-state index contributed by atoms with van der Waals surface area (Å²) in [7, 11) is 0. The van der Waals surface area contributed by atoms with Gasteiger partial charge in [-0.25, -0.2) is 0 Å². The minimum Gasteiger partial charge on any atom is -0.328 e. The predicted molar refractivity (Wildman–Crippen MR) is 69.2 cm³/mol. The molecule has 0 radical (unpaired) electrons. The fraction of sp³-hybridized carbons (Fsp3) is 0.846. The summed E-state index contributed by atoms with van der Waals surface area (Å²) < 4.78 is 0. The van der Waals surface area contributed by atoms with E-state index < -0.39 is 5.41 Å². The molecular weight excluding hydrogens is 238 g/mol. The van der Waals surface area contributed by atoms with Gasteiger partial charge in [0.1, 0.15) is 11.6 Å². The van der Waals surface area contributed by atoms with E-state index in [2.05, 4.69) is 0 Å². The SMILES string of the molecule is CC(N)CC1CC(=O)C2(CCCCC2)C1=O.Cl. The van der Waals surface area contributed by atoms with Crippen LogP contribution in [0.5, 0.6) is 0 Å². The Morgan fingerprint density at radius 3 is 2.41 bits per heavy atom. The summed E-state index contributed by atoms with van der Waals surface area (Å²) in [5.41, 5.74) is 5.15. The molecule has 0 aromatic rings. The largest absolute Gasteiger partial charge is 0.328 e. The Hall–Kier alpha value is -0.410. The molecule has 2 rings (SSSR count). The van der Waals surface area contributed by atoms with Gasteiger partial charge in [0, 0.05) is 18.4 Å². The Bertz CT molecular complexity index is 309. The average Bonchev–Trinajstić information content (AvgIpc) is 2.45. The molecule has 0 amide bonds. The lowest BCUT2D eigenvalue weighted by Crippen LogP contribution is -2.36. The molecule has 3 nitrogen and oxygen atoms in total. The molecule has 2 unspecified atom stereocenters. The lowest BCUT2D eigenvalue weighted by molar-refractivity contribution is -0.138. The normalized spacial score (nSPS) is 29.2. The van der Waals surface area contributed by atoms with Gasteiger partial charge in [-0.3, -0.25) is 9.59 Å². The highest BCUT2D eigenvalue weighted by Gasteiger charge is 2.53. The van der Waals surface area contributed by atoms with Gasteiger partial charge in [-0.15, -0.1) is 12.4 Å². The third-order valence-corrected chi connectivity index (χ3v) is 4.17. The fourth-order valence-corrected chi connectivity index (χ4v) is 3.36. The number of carbonyl (C=O) groups is 2. The molecule has 2 atom stereocenters. The van der Waals surface area contributed by atoms with Gasteiger partial charge in [-0.05, 0) is 26.2 Å². The summed E-state index contributed by atoms with van der Waals surface area (Å²) >= 11 is 0. The second kappa shape index (κ2) is 5.49. The number of rotatable bonds is 2. The third-order valence-electron chi connectivity index (χ3n) is 4.17. The van der Waals surface area contributed by atoms with Crippen LogP contribution in [0.2, 0.25) is 0 Å². The molecule has 4 heteroatoms. The first kappa shape index (κ1) is 14.7. The van der Waals surface area contributed by atoms with Crippen LogP contribution in [0.3, 0.4) is 0 Å². The first-order chi connectivity index (χ1) is 7.56. The van der Waals surface area contributed by atoms with Crippen molar-refractivity contribution in [1.82, 2.24) is 0 Å². The minimum atomic E-state index is -0.586. The Morgan fingerprint density at radius 1 is 1.29 bits per heavy atom. The van der Waals surface area contributed by atoms with E-state index in [1.54, 1.807) is 0 Å². The summed E-state index contributed by atoms with van der Waals surface area (Å²) in [6, 6.07) is 0.0143. The number of hydrogen-bond donors (Lipinski definition) is 1. The molecule has 0 bridgehead atoms. The molecule has 0 aromatic carbocycles. The summed E-state index contributed by atoms with van der Waals surface area (Å²) in [5.74, 6) is 0.308. The average molecular weight is 260 g/mol. The van der Waals surface area contributed by atoms with Gasteiger partial charge in [0.05, 0.1) is 5.41 Å². The fourth-order valence-electron chi connectivity index (χ4n) is 3.36. The molecule has 2 saturated carbocycles. The van der Waals surface area contributed by atoms with Crippen molar-refractivity contribution in [2.24, 2.45) is 17.1 Å². The van der Waals surface area contributed by atoms with Crippen LogP contribution in [0.25, 0.3) is 0 Å². The maximum Gasteiger partial charge on any atom is 0.149 e. The van der Waals surface area contributed by atoms with Crippen molar-refractivity contribution in [3.05, 3.63) is 0 Å². The second-order valence-electron chi connectivity index (χ2n) is 5.54. The molecule has 2 aliphatic rings. The number of carbonyl (C=O) groups excluding carboxylic acids is 2. The maximum absolute atomic E-state index is 12.4. The second-order valence-corrected chi connectivity index (χ2v) is 5.54. The van der Waals surface area contributed by atoms with Gasteiger partial charge >= 0.3 is 0 Å². The molecule has 2 aliphatic carbocycles. The highest BCUT2D eigenvalue weighted by Crippen LogP contribution is 2.47. The van der Waals surface area contributed by atoms with Crippen LogP contribution in [0, 0.1) is 11.3 Å². The maximum atomic E-state index is 12.4. The first-order valence-corrected chi connectivity index (χ1v) is 6.39. The van der Waals surface area contributed by atoms with Gasteiger partial charge in [0.25, 0.3) is 0 Å². The third kappa shape index (κ3) is 2.55. The van der Waals surface area contributed by atoms with E-state index in [1.165, 1.54) is 6.42 Å². The lowest BCUT2D eigenvalue weighted by Gasteiger charge is -2.30. The van der Waals surface area contributed by atoms with Gasteiger partial charge in [0.15, 0.2) is 0 Å². The molecule has 0 saturated heterocycles. The van der Waals surface area contributed by atoms with Crippen LogP contribution >= 0.6 is 12.4 Å². The molecule has 1 spiro atoms. The standard InChI is InChI=1S/C13H21NO2.ClH/c1-9(14)7-10-8-11(15)13(12(10)16)5-3-2-4-6-13;/h9-10H,2-8,14H2,1H3;1H. The number of halogens is 1. The zero-order valence-corrected chi connectivity index (χ0v) is 11.2. The minimum absolute atomic E-state index is 0. The highest BCUT2D eigenvalue weighted by atomic mass is 35.5. The van der Waals surface area contributed by atoms with Crippen molar-refractivity contribution in [1.29, 1.82) is 0 Å². The summed E-state index contributed by atoms with van der Waals surface area (Å²) in [6.45, 7) is 1.91. The predicted octanol–water partition coefficient (Wildman–Crippen LogP) is 2.25. The number of Topliss-reactive ketones (excluding diaryl/α,β-unsaturated/α-hetero) is 2. The van der Waals surface area contributed by atoms with Crippen molar-refractivity contribution >= 4 is 24.0 Å². The topological polar surface area (TPSA) is 60.2 Å². The van der Waals surface area contributed by atoms with Crippen LogP contribution in [0.15, 0.2) is 0 Å². The Kier molecular flexibility index (Phi) is 4.73. The zero-order valence-electron chi connectivity index (χ0n) is 10.4. The molecule has 98 valence electrons. The van der Waals surface area contributed by atoms with Crippen LogP contribution in [-0.2, 0) is 9.59 Å². The highest BCUT2D eigenvalue weighted by molar-refractivity contribution is 6.14. The summed E-state index contributed by atoms with van der Waals surface area (Å²) in [5, 5.41) is 0. The van der Waals surface area contributed by atoms with Crippen molar-refractivity contribution in [3.8, 4) is 0 Å². The van der Waals surface area contributed by atoms with E-state index in [1.807, 2.05) is 6.92 Å². The molecule has 0 aromatic heterocycles. The lowest BCUT2D eigenvalue weighted by atomic mass is 9.71. The Balaban J connectivity index is 0.00000144. The zero-order chi connectivity index (χ0) is 11.8. The number of hydrogen-bond acceptors (Lipinski definition) is 3. The van der Waals surface area contributed by atoms with Crippen molar-refractivity contribution in [3.63, 3.8) is 0 Å². The molecule has 2 N–H and O–H groups in total. The van der Waals surface area contributed by atoms with E-state index in [9.17, 15) is 9.59 Å². The Morgan fingerprint density at radius 2 is 1.88 bits per heavy atom. The van der Waals surface area contributed by atoms with E-state index in [-0.39, 0.29) is 35.9 Å². The molecule has 0 aliphatic heterocycles. The molecule has 17 heavy (non-hydrogen) atoms. The van der Waals surface area contributed by atoms with Crippen LogP contribution in [-0.4, -0.2) is 17.6 Å². The van der Waals surface area contributed by atoms with Gasteiger partial charge < -0.3 is 5.73 Å². The molecule has 2 fully saturated rings. The monoisotopic (exact) mass is 259 g/mol. The van der Waals surface area contributed by atoms with E-state index in [0.717, 1.165) is 25.7 Å². The van der Waals surface area contributed by atoms with Gasteiger partial charge in [-0.1, -0.05) is 19.3 Å². The van der Waals surface area contributed by atoms with E-state index in [4.69, 9.17) is 5.73 Å². The van der Waals surface area contributed by atoms with Crippen molar-refractivity contribution in [2.75, 3.05) is 0 Å². The van der Waals surface area contributed by atoms with Crippen LogP contribution in [0.4, 0.5) is 0 Å². The van der Waals surface area contributed by atoms with Crippen LogP contribution < -0.4 is 5.73 Å². The van der Waals surface area contributed by atoms with Gasteiger partial charge in [0.2, 0.25) is 0 Å². The number of ketones is 2. The van der Waals surface area contributed by atoms with Crippen molar-refractivity contribution in [2.45, 2.75) is 57.9 Å². The Labute approximate surface area is 109 Å². The smallest absolute Gasteiger partial charge is 0.149 e. The molecular formula is C13H22ClNO2. The van der Waals surface area contributed by atoms with Crippen molar-refractivity contribution < 1.29 is 9.59 Å². The van der Waals surface area contributed by atoms with E-state index >= 15 is 0 Å². The van der Waals surface area contributed by atoms with Crippen LogP contribution in [0.1, 0.15) is 51.9 Å². The van der Waals surface area contributed by atoms with E-state index in [0.29, 0.717) is 12.8 Å². The quantitative estimate of drug-likeness (QED) is 0.774. The number of nitrogens with two attached hydrogens (primary N) is 1. The summed E-state index contributed by atoms with van der Waals surface area (Å²) in [6.07, 6.45) is 5.93. The molecule has 0 heterocycles. The first-order valence-electron chi connectivity index (χ1n) is 6.39. The van der Waals surface area contributed by atoms with Gasteiger partial charge in [-0.2, -0.15) is 0 Å². The summed E-state index contributed by atoms with van der Waals surface area (Å²) in [4.78, 5) is 24.4.